The Morgan fingerprint density at radius 2 is 1.91 bits per heavy atom. The van der Waals surface area contributed by atoms with Crippen molar-refractivity contribution in [3.05, 3.63) is 33.8 Å². The van der Waals surface area contributed by atoms with E-state index in [-0.39, 0.29) is 5.54 Å². The quantitative estimate of drug-likeness (QED) is 0.635. The van der Waals surface area contributed by atoms with Gasteiger partial charge in [-0.05, 0) is 32.8 Å². The number of fused-ring (bicyclic) bond motifs is 3. The normalized spacial score (nSPS) is 20.1. The van der Waals surface area contributed by atoms with E-state index in [9.17, 15) is 0 Å². The maximum atomic E-state index is 5.92. The van der Waals surface area contributed by atoms with Crippen molar-refractivity contribution in [2.75, 3.05) is 5.32 Å². The van der Waals surface area contributed by atoms with Gasteiger partial charge in [-0.25, -0.2) is 0 Å². The summed E-state index contributed by atoms with van der Waals surface area (Å²) in [6, 6.07) is 9.18. The lowest BCUT2D eigenvalue weighted by molar-refractivity contribution is 0.368. The Bertz CT molecular complexity index is 764. The van der Waals surface area contributed by atoms with Gasteiger partial charge in [0.1, 0.15) is 4.64 Å². The molecule has 1 saturated carbocycles. The van der Waals surface area contributed by atoms with Crippen molar-refractivity contribution in [3.8, 4) is 11.1 Å². The molecule has 1 N–H and O–H groups in total. The monoisotopic (exact) mass is 330 g/mol. The first-order valence-corrected chi connectivity index (χ1v) is 9.40. The van der Waals surface area contributed by atoms with Gasteiger partial charge in [0.2, 0.25) is 0 Å². The number of anilines is 1. The van der Waals surface area contributed by atoms with Crippen LogP contribution in [0.1, 0.15) is 56.9 Å². The van der Waals surface area contributed by atoms with Crippen molar-refractivity contribution < 1.29 is 0 Å². The second kappa shape index (κ2) is 5.20. The van der Waals surface area contributed by atoms with E-state index in [2.05, 4.69) is 47.4 Å². The molecule has 0 spiro atoms. The summed E-state index contributed by atoms with van der Waals surface area (Å²) in [6.07, 6.45) is 6.62. The van der Waals surface area contributed by atoms with E-state index in [1.54, 1.807) is 0 Å². The first kappa shape index (κ1) is 14.5. The van der Waals surface area contributed by atoms with Gasteiger partial charge in [-0.1, -0.05) is 61.2 Å². The van der Waals surface area contributed by atoms with Gasteiger partial charge >= 0.3 is 0 Å². The Kier molecular flexibility index (Phi) is 3.42. The molecule has 22 heavy (non-hydrogen) atoms. The van der Waals surface area contributed by atoms with Gasteiger partial charge in [0.15, 0.2) is 0 Å². The smallest absolute Gasteiger partial charge is 0.124 e. The van der Waals surface area contributed by atoms with E-state index in [1.807, 2.05) is 11.5 Å². The fourth-order valence-corrected chi connectivity index (χ4v) is 5.66. The highest BCUT2D eigenvalue weighted by atomic mass is 32.1. The highest BCUT2D eigenvalue weighted by molar-refractivity contribution is 7.71. The van der Waals surface area contributed by atoms with Crippen LogP contribution < -0.4 is 5.32 Å². The predicted molar refractivity (Wildman–Crippen MR) is 97.3 cm³/mol. The van der Waals surface area contributed by atoms with Crippen molar-refractivity contribution in [2.45, 2.75) is 57.5 Å². The topological polar surface area (TPSA) is 17.0 Å². The van der Waals surface area contributed by atoms with Gasteiger partial charge in [0.05, 0.1) is 10.4 Å². The average molecular weight is 331 g/mol. The van der Waals surface area contributed by atoms with Gasteiger partial charge in [-0.2, -0.15) is 0 Å². The third kappa shape index (κ3) is 2.16. The van der Waals surface area contributed by atoms with Crippen molar-refractivity contribution in [1.29, 1.82) is 0 Å². The fourth-order valence-electron chi connectivity index (χ4n) is 3.82. The maximum absolute atomic E-state index is 5.92. The van der Waals surface area contributed by atoms with Crippen LogP contribution >= 0.6 is 23.8 Å². The summed E-state index contributed by atoms with van der Waals surface area (Å²) in [5.41, 5.74) is 3.72. The van der Waals surface area contributed by atoms with Crippen LogP contribution in [0.2, 0.25) is 0 Å². The summed E-state index contributed by atoms with van der Waals surface area (Å²) in [5, 5.41) is 3.69. The van der Waals surface area contributed by atoms with E-state index in [0.29, 0.717) is 6.04 Å². The maximum Gasteiger partial charge on any atom is 0.124 e. The molecule has 1 aliphatic carbocycles. The molecule has 1 aromatic carbocycles. The van der Waals surface area contributed by atoms with Crippen molar-refractivity contribution in [3.63, 3.8) is 0 Å². The zero-order valence-corrected chi connectivity index (χ0v) is 14.8. The molecule has 116 valence electrons. The summed E-state index contributed by atoms with van der Waals surface area (Å²) in [6.45, 7) is 4.52. The molecule has 0 amide bonds. The predicted octanol–water partition coefficient (Wildman–Crippen LogP) is 6.11. The molecule has 0 unspecified atom stereocenters. The highest BCUT2D eigenvalue weighted by Gasteiger charge is 2.35. The minimum absolute atomic E-state index is 0.0537. The molecule has 1 fully saturated rings. The zero-order chi connectivity index (χ0) is 15.3. The molecule has 0 saturated heterocycles. The Balaban J connectivity index is 1.91. The molecule has 2 aliphatic rings. The molecule has 1 aliphatic heterocycles. The largest absolute Gasteiger partial charge is 0.375 e. The molecular formula is C18H22N2S2. The minimum atomic E-state index is -0.0537. The van der Waals surface area contributed by atoms with Crippen LogP contribution in [0.15, 0.2) is 24.3 Å². The number of rotatable bonds is 1. The third-order valence-electron chi connectivity index (χ3n) is 4.95. The van der Waals surface area contributed by atoms with Gasteiger partial charge < -0.3 is 5.32 Å². The SMILES string of the molecule is CC1(C)Nc2ccccc2-c2c1sn(C1CCCCC1)c2=S. The Morgan fingerprint density at radius 1 is 1.18 bits per heavy atom. The van der Waals surface area contributed by atoms with E-state index in [4.69, 9.17) is 12.2 Å². The number of nitrogens with one attached hydrogen (secondary N) is 1. The van der Waals surface area contributed by atoms with Crippen molar-refractivity contribution in [2.24, 2.45) is 0 Å². The lowest BCUT2D eigenvalue weighted by Crippen LogP contribution is -2.30. The summed E-state index contributed by atoms with van der Waals surface area (Å²) in [5.74, 6) is 0. The van der Waals surface area contributed by atoms with E-state index >= 15 is 0 Å². The number of nitrogens with zero attached hydrogens (tertiary/aromatic N) is 1. The van der Waals surface area contributed by atoms with Crippen LogP contribution in [-0.2, 0) is 5.54 Å². The standard InChI is InChI=1S/C18H22N2S2/c1-18(2)16-15(13-10-6-7-11-14(13)19-18)17(21)20(22-16)12-8-4-3-5-9-12/h6-7,10-12,19H,3-5,8-9H2,1-2H3. The molecule has 0 atom stereocenters. The van der Waals surface area contributed by atoms with E-state index in [0.717, 1.165) is 4.64 Å². The molecule has 2 aromatic rings. The number of hydrogen-bond donors (Lipinski definition) is 1. The van der Waals surface area contributed by atoms with Crippen LogP contribution in [0.5, 0.6) is 0 Å². The number of para-hydroxylation sites is 1. The highest BCUT2D eigenvalue weighted by Crippen LogP contribution is 2.48. The van der Waals surface area contributed by atoms with Crippen LogP contribution in [0.25, 0.3) is 11.1 Å². The summed E-state index contributed by atoms with van der Waals surface area (Å²) in [4.78, 5) is 1.39. The van der Waals surface area contributed by atoms with Gasteiger partial charge in [-0.3, -0.25) is 3.96 Å². The Morgan fingerprint density at radius 3 is 2.68 bits per heavy atom. The molecule has 4 rings (SSSR count). The summed E-state index contributed by atoms with van der Waals surface area (Å²) in [7, 11) is 0. The molecule has 1 aromatic heterocycles. The van der Waals surface area contributed by atoms with Crippen LogP contribution in [0.4, 0.5) is 5.69 Å². The summed E-state index contributed by atoms with van der Waals surface area (Å²) >= 11 is 7.81. The Hall–Kier alpha value is -1.13. The van der Waals surface area contributed by atoms with E-state index in [1.165, 1.54) is 53.8 Å². The lowest BCUT2D eigenvalue weighted by atomic mass is 9.90. The number of benzene rings is 1. The van der Waals surface area contributed by atoms with Crippen LogP contribution in [-0.4, -0.2) is 3.96 Å². The Labute approximate surface area is 141 Å². The first-order chi connectivity index (χ1) is 10.6. The van der Waals surface area contributed by atoms with Crippen LogP contribution in [0, 0.1) is 4.64 Å². The fraction of sp³-hybridized carbons (Fsp3) is 0.500. The number of hydrogen-bond acceptors (Lipinski definition) is 3. The molecule has 2 nitrogen and oxygen atoms in total. The van der Waals surface area contributed by atoms with Crippen molar-refractivity contribution in [1.82, 2.24) is 3.96 Å². The third-order valence-corrected chi connectivity index (χ3v) is 7.04. The molecule has 0 bridgehead atoms. The van der Waals surface area contributed by atoms with Gasteiger partial charge in [0.25, 0.3) is 0 Å². The van der Waals surface area contributed by atoms with Crippen molar-refractivity contribution >= 4 is 29.4 Å². The summed E-state index contributed by atoms with van der Waals surface area (Å²) < 4.78 is 3.49. The second-order valence-electron chi connectivity index (χ2n) is 7.01. The molecule has 0 radical (unpaired) electrons. The van der Waals surface area contributed by atoms with Gasteiger partial charge in [0, 0.05) is 22.9 Å². The number of aromatic nitrogens is 1. The zero-order valence-electron chi connectivity index (χ0n) is 13.2. The lowest BCUT2D eigenvalue weighted by Gasteiger charge is -2.33. The van der Waals surface area contributed by atoms with Crippen LogP contribution in [0.3, 0.4) is 0 Å². The second-order valence-corrected chi connectivity index (χ2v) is 8.38. The molecular weight excluding hydrogens is 308 g/mol. The molecule has 2 heterocycles. The van der Waals surface area contributed by atoms with E-state index < -0.39 is 0 Å². The minimum Gasteiger partial charge on any atom is -0.375 e. The van der Waals surface area contributed by atoms with Gasteiger partial charge in [-0.15, -0.1) is 0 Å². The average Bonchev–Trinajstić information content (AvgIpc) is 2.87. The molecule has 4 heteroatoms. The first-order valence-electron chi connectivity index (χ1n) is 8.22.